The van der Waals surface area contributed by atoms with Gasteiger partial charge in [-0.2, -0.15) is 0 Å². The van der Waals surface area contributed by atoms with E-state index in [1.54, 1.807) is 34.7 Å². The SMILES string of the molecule is Oc1ccccc1-c1nnc2cccc(Cl)n12. The fourth-order valence-electron chi connectivity index (χ4n) is 1.74. The third kappa shape index (κ3) is 1.54. The zero-order valence-electron chi connectivity index (χ0n) is 8.71. The van der Waals surface area contributed by atoms with Crippen molar-refractivity contribution in [3.05, 3.63) is 47.6 Å². The molecule has 0 aliphatic carbocycles. The van der Waals surface area contributed by atoms with Crippen molar-refractivity contribution in [3.63, 3.8) is 0 Å². The number of phenolic OH excluding ortho intramolecular Hbond substituents is 1. The molecule has 17 heavy (non-hydrogen) atoms. The number of hydrogen-bond acceptors (Lipinski definition) is 3. The molecule has 2 heterocycles. The predicted molar refractivity (Wildman–Crippen MR) is 65.1 cm³/mol. The molecular weight excluding hydrogens is 238 g/mol. The minimum Gasteiger partial charge on any atom is -0.507 e. The number of halogens is 1. The van der Waals surface area contributed by atoms with E-state index in [1.165, 1.54) is 0 Å². The average Bonchev–Trinajstić information content (AvgIpc) is 2.75. The van der Waals surface area contributed by atoms with Crippen molar-refractivity contribution in [3.8, 4) is 17.1 Å². The second kappa shape index (κ2) is 3.75. The van der Waals surface area contributed by atoms with Crippen molar-refractivity contribution in [2.24, 2.45) is 0 Å². The average molecular weight is 246 g/mol. The summed E-state index contributed by atoms with van der Waals surface area (Å²) in [6.07, 6.45) is 0. The van der Waals surface area contributed by atoms with Gasteiger partial charge < -0.3 is 5.11 Å². The summed E-state index contributed by atoms with van der Waals surface area (Å²) in [6.45, 7) is 0. The Morgan fingerprint density at radius 3 is 2.65 bits per heavy atom. The monoisotopic (exact) mass is 245 g/mol. The molecular formula is C12H8ClN3O. The number of phenols is 1. The standard InChI is InChI=1S/C12H8ClN3O/c13-10-6-3-7-11-14-15-12(16(10)11)8-4-1-2-5-9(8)17/h1-7,17H. The van der Waals surface area contributed by atoms with Crippen LogP contribution in [0.2, 0.25) is 5.15 Å². The molecule has 0 saturated carbocycles. The minimum atomic E-state index is 0.154. The number of aromatic hydroxyl groups is 1. The highest BCUT2D eigenvalue weighted by atomic mass is 35.5. The molecule has 5 heteroatoms. The van der Waals surface area contributed by atoms with Gasteiger partial charge in [-0.05, 0) is 24.3 Å². The van der Waals surface area contributed by atoms with Gasteiger partial charge in [0.15, 0.2) is 11.5 Å². The second-order valence-corrected chi connectivity index (χ2v) is 3.97. The molecule has 3 rings (SSSR count). The third-order valence-corrected chi connectivity index (χ3v) is 2.82. The first-order valence-electron chi connectivity index (χ1n) is 5.05. The quantitative estimate of drug-likeness (QED) is 0.671. The first kappa shape index (κ1) is 10.1. The van der Waals surface area contributed by atoms with Crippen LogP contribution in [0.25, 0.3) is 17.0 Å². The number of aromatic nitrogens is 3. The van der Waals surface area contributed by atoms with E-state index in [-0.39, 0.29) is 5.75 Å². The molecule has 0 aliphatic heterocycles. The van der Waals surface area contributed by atoms with Crippen molar-refractivity contribution >= 4 is 17.2 Å². The lowest BCUT2D eigenvalue weighted by Gasteiger charge is -2.03. The first-order valence-corrected chi connectivity index (χ1v) is 5.43. The highest BCUT2D eigenvalue weighted by molar-refractivity contribution is 6.29. The first-order chi connectivity index (χ1) is 8.27. The molecule has 1 aromatic carbocycles. The lowest BCUT2D eigenvalue weighted by molar-refractivity contribution is 0.477. The number of pyridine rings is 1. The van der Waals surface area contributed by atoms with E-state index < -0.39 is 0 Å². The Morgan fingerprint density at radius 1 is 1.00 bits per heavy atom. The molecule has 0 saturated heterocycles. The van der Waals surface area contributed by atoms with E-state index in [1.807, 2.05) is 12.1 Å². The zero-order valence-corrected chi connectivity index (χ0v) is 9.46. The second-order valence-electron chi connectivity index (χ2n) is 3.58. The van der Waals surface area contributed by atoms with Crippen LogP contribution in [-0.2, 0) is 0 Å². The number of fused-ring (bicyclic) bond motifs is 1. The van der Waals surface area contributed by atoms with Gasteiger partial charge in [0.05, 0.1) is 5.56 Å². The molecule has 84 valence electrons. The lowest BCUT2D eigenvalue weighted by Crippen LogP contribution is -1.91. The molecule has 0 radical (unpaired) electrons. The van der Waals surface area contributed by atoms with Crippen LogP contribution in [0.1, 0.15) is 0 Å². The third-order valence-electron chi connectivity index (χ3n) is 2.53. The normalized spacial score (nSPS) is 10.9. The zero-order chi connectivity index (χ0) is 11.8. The topological polar surface area (TPSA) is 50.4 Å². The predicted octanol–water partition coefficient (Wildman–Crippen LogP) is 2.76. The van der Waals surface area contributed by atoms with Gasteiger partial charge in [0.2, 0.25) is 0 Å². The molecule has 0 amide bonds. The van der Waals surface area contributed by atoms with Gasteiger partial charge in [-0.25, -0.2) is 0 Å². The summed E-state index contributed by atoms with van der Waals surface area (Å²) in [5.74, 6) is 0.686. The summed E-state index contributed by atoms with van der Waals surface area (Å²) in [5, 5.41) is 18.4. The Bertz CT molecular complexity index is 693. The molecule has 0 spiro atoms. The molecule has 0 unspecified atom stereocenters. The highest BCUT2D eigenvalue weighted by Gasteiger charge is 2.12. The summed E-state index contributed by atoms with van der Waals surface area (Å²) >= 11 is 6.11. The lowest BCUT2D eigenvalue weighted by atomic mass is 10.2. The van der Waals surface area contributed by atoms with Crippen LogP contribution in [0.4, 0.5) is 0 Å². The van der Waals surface area contributed by atoms with Crippen molar-refractivity contribution in [2.45, 2.75) is 0 Å². The van der Waals surface area contributed by atoms with E-state index in [2.05, 4.69) is 10.2 Å². The van der Waals surface area contributed by atoms with E-state index in [0.717, 1.165) is 0 Å². The van der Waals surface area contributed by atoms with Gasteiger partial charge in [0.1, 0.15) is 10.9 Å². The van der Waals surface area contributed by atoms with Crippen LogP contribution in [0.15, 0.2) is 42.5 Å². The maximum atomic E-state index is 9.81. The Balaban J connectivity index is 2.36. The van der Waals surface area contributed by atoms with Crippen LogP contribution >= 0.6 is 11.6 Å². The van der Waals surface area contributed by atoms with Crippen LogP contribution in [0.5, 0.6) is 5.75 Å². The number of benzene rings is 1. The van der Waals surface area contributed by atoms with Gasteiger partial charge in [0, 0.05) is 0 Å². The van der Waals surface area contributed by atoms with Gasteiger partial charge in [-0.1, -0.05) is 29.8 Å². The summed E-state index contributed by atoms with van der Waals surface area (Å²) < 4.78 is 1.69. The Hall–Kier alpha value is -2.07. The fourth-order valence-corrected chi connectivity index (χ4v) is 1.98. The number of nitrogens with zero attached hydrogens (tertiary/aromatic N) is 3. The van der Waals surface area contributed by atoms with E-state index in [0.29, 0.717) is 22.2 Å². The van der Waals surface area contributed by atoms with E-state index >= 15 is 0 Å². The maximum Gasteiger partial charge on any atom is 0.173 e. The highest BCUT2D eigenvalue weighted by Crippen LogP contribution is 2.29. The molecule has 3 aromatic rings. The molecule has 4 nitrogen and oxygen atoms in total. The fraction of sp³-hybridized carbons (Fsp3) is 0. The number of hydrogen-bond donors (Lipinski definition) is 1. The van der Waals surface area contributed by atoms with Crippen LogP contribution < -0.4 is 0 Å². The summed E-state index contributed by atoms with van der Waals surface area (Å²) in [4.78, 5) is 0. The van der Waals surface area contributed by atoms with Gasteiger partial charge >= 0.3 is 0 Å². The van der Waals surface area contributed by atoms with Crippen molar-refractivity contribution < 1.29 is 5.11 Å². The maximum absolute atomic E-state index is 9.81. The molecule has 0 fully saturated rings. The molecule has 0 bridgehead atoms. The molecule has 0 aliphatic rings. The summed E-state index contributed by atoms with van der Waals surface area (Å²) in [7, 11) is 0. The van der Waals surface area contributed by atoms with Crippen molar-refractivity contribution in [1.29, 1.82) is 0 Å². The molecule has 1 N–H and O–H groups in total. The largest absolute Gasteiger partial charge is 0.507 e. The van der Waals surface area contributed by atoms with Crippen LogP contribution in [-0.4, -0.2) is 19.7 Å². The van der Waals surface area contributed by atoms with Crippen LogP contribution in [0, 0.1) is 0 Å². The number of rotatable bonds is 1. The van der Waals surface area contributed by atoms with E-state index in [4.69, 9.17) is 11.6 Å². The number of para-hydroxylation sites is 1. The molecule has 2 aromatic heterocycles. The van der Waals surface area contributed by atoms with Crippen molar-refractivity contribution in [2.75, 3.05) is 0 Å². The molecule has 0 atom stereocenters. The minimum absolute atomic E-state index is 0.154. The van der Waals surface area contributed by atoms with Crippen molar-refractivity contribution in [1.82, 2.24) is 14.6 Å². The van der Waals surface area contributed by atoms with E-state index in [9.17, 15) is 5.11 Å². The Morgan fingerprint density at radius 2 is 1.82 bits per heavy atom. The van der Waals surface area contributed by atoms with Crippen LogP contribution in [0.3, 0.4) is 0 Å². The van der Waals surface area contributed by atoms with Gasteiger partial charge in [0.25, 0.3) is 0 Å². The Labute approximate surface area is 102 Å². The summed E-state index contributed by atoms with van der Waals surface area (Å²) in [6, 6.07) is 12.3. The Kier molecular flexibility index (Phi) is 2.23. The smallest absolute Gasteiger partial charge is 0.173 e. The summed E-state index contributed by atoms with van der Waals surface area (Å²) in [5.41, 5.74) is 1.25. The van der Waals surface area contributed by atoms with Gasteiger partial charge in [-0.15, -0.1) is 10.2 Å². The van der Waals surface area contributed by atoms with Gasteiger partial charge in [-0.3, -0.25) is 4.40 Å².